The molecule has 1 aromatic carbocycles. The maximum atomic E-state index is 12.4. The zero-order chi connectivity index (χ0) is 17.8. The molecule has 0 aromatic heterocycles. The summed E-state index contributed by atoms with van der Waals surface area (Å²) in [4.78, 5) is 27.9. The van der Waals surface area contributed by atoms with Crippen LogP contribution in [0.15, 0.2) is 18.2 Å². The van der Waals surface area contributed by atoms with Crippen molar-refractivity contribution in [3.8, 4) is 0 Å². The summed E-state index contributed by atoms with van der Waals surface area (Å²) < 4.78 is 4.91. The topological polar surface area (TPSA) is 88.0 Å². The lowest BCUT2D eigenvalue weighted by molar-refractivity contribution is -0.385. The van der Waals surface area contributed by atoms with Gasteiger partial charge in [-0.1, -0.05) is 0 Å². The van der Waals surface area contributed by atoms with Crippen molar-refractivity contribution in [1.29, 1.82) is 0 Å². The van der Waals surface area contributed by atoms with Crippen LogP contribution in [0.2, 0.25) is 0 Å². The lowest BCUT2D eigenvalue weighted by atomic mass is 10.0. The standard InChI is InChI=1S/C17H24N4O4/c1-25-11-6-18-17(22)15-12-14(2-3-16(15)21(23)24)20-10-9-19-7-4-13(20)5-8-19/h2-3,12-13H,4-11H2,1H3,(H,18,22). The number of nitrogens with one attached hydrogen (secondary N) is 1. The molecule has 2 bridgehead atoms. The number of hydrogen-bond donors (Lipinski definition) is 1. The summed E-state index contributed by atoms with van der Waals surface area (Å²) in [7, 11) is 1.54. The summed E-state index contributed by atoms with van der Waals surface area (Å²) in [6.45, 7) is 4.74. The first-order chi connectivity index (χ1) is 12.1. The highest BCUT2D eigenvalue weighted by atomic mass is 16.6. The van der Waals surface area contributed by atoms with Gasteiger partial charge in [-0.2, -0.15) is 0 Å². The van der Waals surface area contributed by atoms with Gasteiger partial charge in [0.1, 0.15) is 5.56 Å². The van der Waals surface area contributed by atoms with E-state index in [-0.39, 0.29) is 11.3 Å². The molecule has 25 heavy (non-hydrogen) atoms. The zero-order valence-electron chi connectivity index (χ0n) is 14.4. The van der Waals surface area contributed by atoms with Crippen LogP contribution >= 0.6 is 0 Å². The van der Waals surface area contributed by atoms with E-state index in [4.69, 9.17) is 4.74 Å². The monoisotopic (exact) mass is 348 g/mol. The molecule has 8 nitrogen and oxygen atoms in total. The van der Waals surface area contributed by atoms with Gasteiger partial charge in [0, 0.05) is 57.6 Å². The van der Waals surface area contributed by atoms with Crippen LogP contribution in [0.3, 0.4) is 0 Å². The van der Waals surface area contributed by atoms with Gasteiger partial charge in [-0.15, -0.1) is 0 Å². The number of hydrogen-bond acceptors (Lipinski definition) is 6. The lowest BCUT2D eigenvalue weighted by Gasteiger charge is -2.33. The summed E-state index contributed by atoms with van der Waals surface area (Å²) in [5.41, 5.74) is 0.829. The number of piperidine rings is 1. The van der Waals surface area contributed by atoms with Crippen LogP contribution < -0.4 is 10.2 Å². The van der Waals surface area contributed by atoms with Gasteiger partial charge in [0.15, 0.2) is 0 Å². The van der Waals surface area contributed by atoms with Crippen LogP contribution in [-0.2, 0) is 4.74 Å². The number of rotatable bonds is 6. The third-order valence-electron chi connectivity index (χ3n) is 5.00. The molecule has 3 heterocycles. The fourth-order valence-electron chi connectivity index (χ4n) is 3.63. The number of nitro benzene ring substituents is 1. The molecule has 0 spiro atoms. The highest BCUT2D eigenvalue weighted by molar-refractivity contribution is 5.99. The lowest BCUT2D eigenvalue weighted by Crippen LogP contribution is -2.38. The number of nitrogens with zero attached hydrogens (tertiary/aromatic N) is 3. The van der Waals surface area contributed by atoms with Gasteiger partial charge in [-0.05, 0) is 25.0 Å². The van der Waals surface area contributed by atoms with Crippen molar-refractivity contribution in [1.82, 2.24) is 10.2 Å². The number of fused-ring (bicyclic) bond motifs is 4. The quantitative estimate of drug-likeness (QED) is 0.473. The van der Waals surface area contributed by atoms with E-state index in [1.54, 1.807) is 19.2 Å². The molecule has 3 saturated heterocycles. The van der Waals surface area contributed by atoms with Crippen LogP contribution in [0.25, 0.3) is 0 Å². The number of ether oxygens (including phenoxy) is 1. The molecule has 1 N–H and O–H groups in total. The van der Waals surface area contributed by atoms with E-state index in [0.717, 1.165) is 44.7 Å². The van der Waals surface area contributed by atoms with E-state index in [9.17, 15) is 14.9 Å². The number of amides is 1. The van der Waals surface area contributed by atoms with Gasteiger partial charge in [0.05, 0.1) is 11.5 Å². The minimum Gasteiger partial charge on any atom is -0.383 e. The second-order valence-corrected chi connectivity index (χ2v) is 6.47. The first-order valence-electron chi connectivity index (χ1n) is 8.64. The Morgan fingerprint density at radius 3 is 2.76 bits per heavy atom. The summed E-state index contributed by atoms with van der Waals surface area (Å²) in [6.07, 6.45) is 2.18. The molecule has 3 aliphatic heterocycles. The molecule has 0 atom stereocenters. The minimum atomic E-state index is -0.505. The van der Waals surface area contributed by atoms with E-state index in [1.807, 2.05) is 0 Å². The molecule has 1 aromatic rings. The maximum Gasteiger partial charge on any atom is 0.282 e. The Balaban J connectivity index is 1.86. The van der Waals surface area contributed by atoms with Crippen molar-refractivity contribution in [3.63, 3.8) is 0 Å². The Labute approximate surface area is 146 Å². The van der Waals surface area contributed by atoms with Crippen molar-refractivity contribution >= 4 is 17.3 Å². The van der Waals surface area contributed by atoms with Gasteiger partial charge in [0.2, 0.25) is 0 Å². The van der Waals surface area contributed by atoms with Gasteiger partial charge in [0.25, 0.3) is 11.6 Å². The summed E-state index contributed by atoms with van der Waals surface area (Å²) in [6, 6.07) is 5.30. The molecule has 3 fully saturated rings. The molecule has 1 amide bonds. The van der Waals surface area contributed by atoms with Crippen molar-refractivity contribution in [2.45, 2.75) is 18.9 Å². The van der Waals surface area contributed by atoms with E-state index < -0.39 is 10.8 Å². The average Bonchev–Trinajstić information content (AvgIpc) is 2.95. The van der Waals surface area contributed by atoms with Crippen LogP contribution in [0.4, 0.5) is 11.4 Å². The Morgan fingerprint density at radius 1 is 1.32 bits per heavy atom. The first kappa shape index (κ1) is 17.6. The van der Waals surface area contributed by atoms with Gasteiger partial charge < -0.3 is 19.9 Å². The van der Waals surface area contributed by atoms with Crippen LogP contribution in [0.5, 0.6) is 0 Å². The second kappa shape index (κ2) is 7.79. The molecule has 0 aliphatic carbocycles. The van der Waals surface area contributed by atoms with E-state index in [0.29, 0.717) is 19.2 Å². The van der Waals surface area contributed by atoms with Crippen molar-refractivity contribution in [3.05, 3.63) is 33.9 Å². The number of nitro groups is 1. The number of methoxy groups -OCH3 is 1. The SMILES string of the molecule is COCCNC(=O)c1cc(N2CCN3CCC2CC3)ccc1[N+](=O)[O-]. The summed E-state index contributed by atoms with van der Waals surface area (Å²) in [5, 5.41) is 14.0. The molecule has 3 aliphatic rings. The van der Waals surface area contributed by atoms with E-state index in [2.05, 4.69) is 15.1 Å². The maximum absolute atomic E-state index is 12.4. The predicted molar refractivity (Wildman–Crippen MR) is 94.1 cm³/mol. The third kappa shape index (κ3) is 3.91. The minimum absolute atomic E-state index is 0.109. The molecule has 136 valence electrons. The fraction of sp³-hybridized carbons (Fsp3) is 0.588. The summed E-state index contributed by atoms with van der Waals surface area (Å²) >= 11 is 0. The number of carbonyl (C=O) groups excluding carboxylic acids is 1. The molecule has 0 unspecified atom stereocenters. The zero-order valence-corrected chi connectivity index (χ0v) is 14.4. The number of benzene rings is 1. The Morgan fingerprint density at radius 2 is 2.08 bits per heavy atom. The number of carbonyl (C=O) groups is 1. The largest absolute Gasteiger partial charge is 0.383 e. The Hall–Kier alpha value is -2.19. The van der Waals surface area contributed by atoms with Crippen molar-refractivity contribution in [2.75, 3.05) is 51.3 Å². The molecular weight excluding hydrogens is 324 g/mol. The molecule has 8 heteroatoms. The highest BCUT2D eigenvalue weighted by Crippen LogP contribution is 2.30. The molecule has 0 radical (unpaired) electrons. The van der Waals surface area contributed by atoms with E-state index in [1.165, 1.54) is 6.07 Å². The number of anilines is 1. The van der Waals surface area contributed by atoms with E-state index >= 15 is 0 Å². The average molecular weight is 348 g/mol. The van der Waals surface area contributed by atoms with Gasteiger partial charge >= 0.3 is 0 Å². The Bertz CT molecular complexity index is 644. The van der Waals surface area contributed by atoms with Crippen LogP contribution in [0.1, 0.15) is 23.2 Å². The third-order valence-corrected chi connectivity index (χ3v) is 5.00. The Kier molecular flexibility index (Phi) is 5.50. The highest BCUT2D eigenvalue weighted by Gasteiger charge is 2.30. The van der Waals surface area contributed by atoms with Crippen molar-refractivity contribution in [2.24, 2.45) is 0 Å². The van der Waals surface area contributed by atoms with Crippen LogP contribution in [-0.4, -0.2) is 68.2 Å². The van der Waals surface area contributed by atoms with Crippen LogP contribution in [0, 0.1) is 10.1 Å². The van der Waals surface area contributed by atoms with Gasteiger partial charge in [-0.25, -0.2) is 0 Å². The van der Waals surface area contributed by atoms with Gasteiger partial charge in [-0.3, -0.25) is 14.9 Å². The second-order valence-electron chi connectivity index (χ2n) is 6.47. The normalized spacial score (nSPS) is 22.5. The smallest absolute Gasteiger partial charge is 0.282 e. The first-order valence-corrected chi connectivity index (χ1v) is 8.64. The predicted octanol–water partition coefficient (Wildman–Crippen LogP) is 1.26. The fourth-order valence-corrected chi connectivity index (χ4v) is 3.63. The summed E-state index contributed by atoms with van der Waals surface area (Å²) in [5.74, 6) is -0.437. The van der Waals surface area contributed by atoms with Crippen molar-refractivity contribution < 1.29 is 14.5 Å². The molecule has 0 saturated carbocycles. The molecular formula is C17H24N4O4. The molecule has 4 rings (SSSR count).